The topological polar surface area (TPSA) is 71.1 Å². The molecule has 1 heterocycles. The number of esters is 1. The summed E-state index contributed by atoms with van der Waals surface area (Å²) >= 11 is 0. The SMILES string of the molecule is CCOC(=O)c1ccc(N2CCN(CC)CC2)c(NC(=O)COc2ccc(CC)cc2)c1. The number of piperazine rings is 1. The Morgan fingerprint density at radius 1 is 0.969 bits per heavy atom. The molecule has 172 valence electrons. The molecule has 0 spiro atoms. The van der Waals surface area contributed by atoms with Crippen molar-refractivity contribution in [3.05, 3.63) is 53.6 Å². The summed E-state index contributed by atoms with van der Waals surface area (Å²) in [5.41, 5.74) is 3.12. The number of nitrogens with zero attached hydrogens (tertiary/aromatic N) is 2. The number of benzene rings is 2. The van der Waals surface area contributed by atoms with E-state index in [1.54, 1.807) is 19.1 Å². The van der Waals surface area contributed by atoms with Gasteiger partial charge in [-0.3, -0.25) is 4.79 Å². The van der Waals surface area contributed by atoms with Crippen LogP contribution in [-0.4, -0.2) is 62.7 Å². The minimum atomic E-state index is -0.405. The molecule has 7 nitrogen and oxygen atoms in total. The van der Waals surface area contributed by atoms with Crippen LogP contribution in [0.3, 0.4) is 0 Å². The molecule has 0 saturated carbocycles. The first-order chi connectivity index (χ1) is 15.5. The first-order valence-corrected chi connectivity index (χ1v) is 11.3. The zero-order chi connectivity index (χ0) is 22.9. The monoisotopic (exact) mass is 439 g/mol. The third-order valence-electron chi connectivity index (χ3n) is 5.64. The number of hydrogen-bond donors (Lipinski definition) is 1. The average molecular weight is 440 g/mol. The first kappa shape index (κ1) is 23.6. The lowest BCUT2D eigenvalue weighted by atomic mass is 10.1. The van der Waals surface area contributed by atoms with Gasteiger partial charge in [-0.2, -0.15) is 0 Å². The van der Waals surface area contributed by atoms with Crippen LogP contribution < -0.4 is 15.0 Å². The zero-order valence-electron chi connectivity index (χ0n) is 19.2. The number of anilines is 2. The van der Waals surface area contributed by atoms with E-state index in [2.05, 4.69) is 29.0 Å². The highest BCUT2D eigenvalue weighted by molar-refractivity contribution is 5.98. The second-order valence-electron chi connectivity index (χ2n) is 7.71. The molecule has 7 heteroatoms. The van der Waals surface area contributed by atoms with Crippen LogP contribution in [0.5, 0.6) is 5.75 Å². The molecule has 1 amide bonds. The maximum absolute atomic E-state index is 12.7. The normalized spacial score (nSPS) is 14.2. The van der Waals surface area contributed by atoms with E-state index in [1.807, 2.05) is 30.3 Å². The lowest BCUT2D eigenvalue weighted by Crippen LogP contribution is -2.46. The highest BCUT2D eigenvalue weighted by Gasteiger charge is 2.21. The number of hydrogen-bond acceptors (Lipinski definition) is 6. The molecule has 1 N–H and O–H groups in total. The molecule has 1 aliphatic heterocycles. The van der Waals surface area contributed by atoms with Gasteiger partial charge in [0.25, 0.3) is 5.91 Å². The summed E-state index contributed by atoms with van der Waals surface area (Å²) in [7, 11) is 0. The largest absolute Gasteiger partial charge is 0.484 e. The number of ether oxygens (including phenoxy) is 2. The molecular formula is C25H33N3O4. The number of carbonyl (C=O) groups excluding carboxylic acids is 2. The number of nitrogens with one attached hydrogen (secondary N) is 1. The molecule has 0 aliphatic carbocycles. The molecule has 3 rings (SSSR count). The summed E-state index contributed by atoms with van der Waals surface area (Å²) < 4.78 is 10.8. The van der Waals surface area contributed by atoms with Crippen molar-refractivity contribution < 1.29 is 19.1 Å². The summed E-state index contributed by atoms with van der Waals surface area (Å²) in [4.78, 5) is 29.5. The Morgan fingerprint density at radius 3 is 2.31 bits per heavy atom. The highest BCUT2D eigenvalue weighted by atomic mass is 16.5. The lowest BCUT2D eigenvalue weighted by molar-refractivity contribution is -0.118. The molecule has 2 aromatic rings. The molecule has 32 heavy (non-hydrogen) atoms. The van der Waals surface area contributed by atoms with Crippen molar-refractivity contribution in [1.29, 1.82) is 0 Å². The number of aryl methyl sites for hydroxylation is 1. The Hall–Kier alpha value is -3.06. The van der Waals surface area contributed by atoms with Crippen LogP contribution in [0, 0.1) is 0 Å². The first-order valence-electron chi connectivity index (χ1n) is 11.3. The molecule has 2 aromatic carbocycles. The van der Waals surface area contributed by atoms with Gasteiger partial charge in [0, 0.05) is 26.2 Å². The lowest BCUT2D eigenvalue weighted by Gasteiger charge is -2.36. The standard InChI is InChI=1S/C25H33N3O4/c1-4-19-7-10-21(11-8-19)32-18-24(29)26-22-17-20(25(30)31-6-3)9-12-23(22)28-15-13-27(5-2)14-16-28/h7-12,17H,4-6,13-16,18H2,1-3H3,(H,26,29). The van der Waals surface area contributed by atoms with Crippen LogP contribution in [-0.2, 0) is 16.0 Å². The number of amides is 1. The molecule has 1 aliphatic rings. The molecular weight excluding hydrogens is 406 g/mol. The number of likely N-dealkylation sites (N-methyl/N-ethyl adjacent to an activating group) is 1. The fourth-order valence-electron chi connectivity index (χ4n) is 3.71. The van der Waals surface area contributed by atoms with E-state index in [1.165, 1.54) is 5.56 Å². The minimum Gasteiger partial charge on any atom is -0.484 e. The summed E-state index contributed by atoms with van der Waals surface area (Å²) in [6, 6.07) is 13.0. The molecule has 0 atom stereocenters. The van der Waals surface area contributed by atoms with Crippen molar-refractivity contribution in [3.8, 4) is 5.75 Å². The van der Waals surface area contributed by atoms with E-state index in [0.29, 0.717) is 23.6 Å². The second kappa shape index (κ2) is 11.5. The van der Waals surface area contributed by atoms with Crippen molar-refractivity contribution in [2.24, 2.45) is 0 Å². The Balaban J connectivity index is 1.72. The number of rotatable bonds is 9. The van der Waals surface area contributed by atoms with Crippen LogP contribution in [0.15, 0.2) is 42.5 Å². The van der Waals surface area contributed by atoms with Gasteiger partial charge in [0.05, 0.1) is 23.5 Å². The van der Waals surface area contributed by atoms with Crippen molar-refractivity contribution in [3.63, 3.8) is 0 Å². The average Bonchev–Trinajstić information content (AvgIpc) is 2.83. The fraction of sp³-hybridized carbons (Fsp3) is 0.440. The van der Waals surface area contributed by atoms with Crippen LogP contribution in [0.4, 0.5) is 11.4 Å². The molecule has 0 bridgehead atoms. The quantitative estimate of drug-likeness (QED) is 0.602. The Kier molecular flexibility index (Phi) is 8.50. The van der Waals surface area contributed by atoms with Crippen LogP contribution in [0.1, 0.15) is 36.7 Å². The van der Waals surface area contributed by atoms with Gasteiger partial charge in [-0.05, 0) is 55.8 Å². The Morgan fingerprint density at radius 2 is 1.69 bits per heavy atom. The van der Waals surface area contributed by atoms with Crippen LogP contribution in [0.25, 0.3) is 0 Å². The van der Waals surface area contributed by atoms with Crippen molar-refractivity contribution in [1.82, 2.24) is 4.90 Å². The molecule has 0 aromatic heterocycles. The third-order valence-corrected chi connectivity index (χ3v) is 5.64. The maximum atomic E-state index is 12.7. The predicted octanol–water partition coefficient (Wildman–Crippen LogP) is 3.59. The van der Waals surface area contributed by atoms with E-state index in [-0.39, 0.29) is 12.5 Å². The van der Waals surface area contributed by atoms with E-state index in [4.69, 9.17) is 9.47 Å². The molecule has 0 unspecified atom stereocenters. The van der Waals surface area contributed by atoms with E-state index < -0.39 is 5.97 Å². The summed E-state index contributed by atoms with van der Waals surface area (Å²) in [6.45, 7) is 10.9. The van der Waals surface area contributed by atoms with Gasteiger partial charge in [0.15, 0.2) is 6.61 Å². The smallest absolute Gasteiger partial charge is 0.338 e. The van der Waals surface area contributed by atoms with Crippen molar-refractivity contribution in [2.45, 2.75) is 27.2 Å². The molecule has 1 fully saturated rings. The maximum Gasteiger partial charge on any atom is 0.338 e. The van der Waals surface area contributed by atoms with Gasteiger partial charge in [0.1, 0.15) is 5.75 Å². The van der Waals surface area contributed by atoms with Crippen molar-refractivity contribution >= 4 is 23.3 Å². The van der Waals surface area contributed by atoms with Gasteiger partial charge < -0.3 is 24.6 Å². The fourth-order valence-corrected chi connectivity index (χ4v) is 3.71. The van der Waals surface area contributed by atoms with Crippen LogP contribution in [0.2, 0.25) is 0 Å². The molecule has 0 radical (unpaired) electrons. The van der Waals surface area contributed by atoms with Gasteiger partial charge in [0.2, 0.25) is 0 Å². The molecule has 1 saturated heterocycles. The van der Waals surface area contributed by atoms with Gasteiger partial charge >= 0.3 is 5.97 Å². The van der Waals surface area contributed by atoms with Crippen molar-refractivity contribution in [2.75, 3.05) is 56.2 Å². The van der Waals surface area contributed by atoms with Gasteiger partial charge in [-0.25, -0.2) is 4.79 Å². The highest BCUT2D eigenvalue weighted by Crippen LogP contribution is 2.29. The van der Waals surface area contributed by atoms with Crippen LogP contribution >= 0.6 is 0 Å². The zero-order valence-corrected chi connectivity index (χ0v) is 19.2. The Bertz CT molecular complexity index is 906. The predicted molar refractivity (Wildman–Crippen MR) is 127 cm³/mol. The second-order valence-corrected chi connectivity index (χ2v) is 7.71. The summed E-state index contributed by atoms with van der Waals surface area (Å²) in [5.74, 6) is -0.0369. The van der Waals surface area contributed by atoms with E-state index in [9.17, 15) is 9.59 Å². The number of carbonyl (C=O) groups is 2. The van der Waals surface area contributed by atoms with Gasteiger partial charge in [-0.15, -0.1) is 0 Å². The van der Waals surface area contributed by atoms with E-state index >= 15 is 0 Å². The van der Waals surface area contributed by atoms with Gasteiger partial charge in [-0.1, -0.05) is 26.0 Å². The van der Waals surface area contributed by atoms with E-state index in [0.717, 1.165) is 44.8 Å². The third kappa shape index (κ3) is 6.23. The summed E-state index contributed by atoms with van der Waals surface area (Å²) in [6.07, 6.45) is 0.951. The minimum absolute atomic E-state index is 0.113. The Labute approximate surface area is 190 Å². The summed E-state index contributed by atoms with van der Waals surface area (Å²) in [5, 5.41) is 2.94.